The van der Waals surface area contributed by atoms with Crippen molar-refractivity contribution in [3.63, 3.8) is 0 Å². The Morgan fingerprint density at radius 1 is 1.07 bits per heavy atom. The fraction of sp³-hybridized carbons (Fsp3) is 0.286. The van der Waals surface area contributed by atoms with Crippen molar-refractivity contribution in [1.29, 1.82) is 0 Å². The number of amides is 1. The third-order valence-electron chi connectivity index (χ3n) is 4.89. The van der Waals surface area contributed by atoms with Crippen molar-refractivity contribution in [1.82, 2.24) is 15.1 Å². The Hall–Kier alpha value is -2.55. The number of hydrogen-bond donors (Lipinski definition) is 1. The quantitative estimate of drug-likeness (QED) is 0.627. The summed E-state index contributed by atoms with van der Waals surface area (Å²) < 4.78 is 13.8. The summed E-state index contributed by atoms with van der Waals surface area (Å²) in [6.45, 7) is 3.39. The SMILES string of the molecule is O=C(CN1CCN(c2nnc(Cc3ccccc3F)s2)CC1)Nc1ccc(Cl)cc1. The van der Waals surface area contributed by atoms with E-state index in [4.69, 9.17) is 11.6 Å². The fourth-order valence-electron chi connectivity index (χ4n) is 3.28. The first kappa shape index (κ1) is 20.7. The lowest BCUT2D eigenvalue weighted by Gasteiger charge is -2.33. The van der Waals surface area contributed by atoms with Crippen LogP contribution >= 0.6 is 22.9 Å². The zero-order valence-electron chi connectivity index (χ0n) is 16.2. The Kier molecular flexibility index (Phi) is 6.56. The minimum Gasteiger partial charge on any atom is -0.344 e. The van der Waals surface area contributed by atoms with Crippen LogP contribution in [0.2, 0.25) is 5.02 Å². The van der Waals surface area contributed by atoms with Crippen molar-refractivity contribution in [3.05, 3.63) is 69.9 Å². The predicted octanol–water partition coefficient (Wildman–Crippen LogP) is 3.68. The number of piperazine rings is 1. The molecular formula is C21H21ClFN5OS. The second-order valence-corrected chi connectivity index (χ2v) is 8.54. The van der Waals surface area contributed by atoms with Gasteiger partial charge in [-0.1, -0.05) is 41.1 Å². The smallest absolute Gasteiger partial charge is 0.238 e. The molecule has 3 aromatic rings. The van der Waals surface area contributed by atoms with Gasteiger partial charge in [0.1, 0.15) is 10.8 Å². The number of anilines is 2. The summed E-state index contributed by atoms with van der Waals surface area (Å²) in [5.41, 5.74) is 1.36. The van der Waals surface area contributed by atoms with E-state index in [1.54, 1.807) is 36.4 Å². The zero-order valence-corrected chi connectivity index (χ0v) is 17.8. The molecule has 1 amide bonds. The molecular weight excluding hydrogens is 425 g/mol. The van der Waals surface area contributed by atoms with Gasteiger partial charge in [-0.15, -0.1) is 10.2 Å². The maximum absolute atomic E-state index is 13.8. The first-order valence-electron chi connectivity index (χ1n) is 9.65. The number of rotatable bonds is 6. The van der Waals surface area contributed by atoms with Gasteiger partial charge >= 0.3 is 0 Å². The molecule has 1 N–H and O–H groups in total. The second kappa shape index (κ2) is 9.51. The maximum Gasteiger partial charge on any atom is 0.238 e. The van der Waals surface area contributed by atoms with Gasteiger partial charge in [-0.25, -0.2) is 4.39 Å². The van der Waals surface area contributed by atoms with Crippen LogP contribution in [0.15, 0.2) is 48.5 Å². The molecule has 0 atom stereocenters. The number of hydrogen-bond acceptors (Lipinski definition) is 6. The normalized spacial score (nSPS) is 14.7. The van der Waals surface area contributed by atoms with Crippen LogP contribution in [-0.2, 0) is 11.2 Å². The van der Waals surface area contributed by atoms with E-state index in [2.05, 4.69) is 25.3 Å². The van der Waals surface area contributed by atoms with Gasteiger partial charge in [-0.3, -0.25) is 9.69 Å². The Morgan fingerprint density at radius 3 is 2.53 bits per heavy atom. The van der Waals surface area contributed by atoms with Gasteiger partial charge < -0.3 is 10.2 Å². The van der Waals surface area contributed by atoms with E-state index < -0.39 is 0 Å². The lowest BCUT2D eigenvalue weighted by atomic mass is 10.1. The zero-order chi connectivity index (χ0) is 20.9. The molecule has 0 aliphatic carbocycles. The van der Waals surface area contributed by atoms with Crippen LogP contribution in [0.5, 0.6) is 0 Å². The number of carbonyl (C=O) groups is 1. The van der Waals surface area contributed by atoms with E-state index in [1.165, 1.54) is 17.4 Å². The van der Waals surface area contributed by atoms with Crippen LogP contribution in [0.3, 0.4) is 0 Å². The van der Waals surface area contributed by atoms with Crippen molar-refractivity contribution in [2.75, 3.05) is 42.9 Å². The van der Waals surface area contributed by atoms with Crippen LogP contribution in [0.1, 0.15) is 10.6 Å². The minimum absolute atomic E-state index is 0.0474. The van der Waals surface area contributed by atoms with E-state index in [0.29, 0.717) is 23.6 Å². The molecule has 1 aromatic heterocycles. The molecule has 9 heteroatoms. The average Bonchev–Trinajstić information content (AvgIpc) is 3.20. The second-order valence-electron chi connectivity index (χ2n) is 7.06. The van der Waals surface area contributed by atoms with Crippen molar-refractivity contribution in [2.45, 2.75) is 6.42 Å². The molecule has 0 unspecified atom stereocenters. The van der Waals surface area contributed by atoms with Gasteiger partial charge in [0.05, 0.1) is 6.54 Å². The molecule has 2 aromatic carbocycles. The summed E-state index contributed by atoms with van der Waals surface area (Å²) >= 11 is 7.36. The Labute approximate surface area is 183 Å². The number of aromatic nitrogens is 2. The van der Waals surface area contributed by atoms with Gasteiger partial charge in [0.2, 0.25) is 11.0 Å². The molecule has 6 nitrogen and oxygen atoms in total. The Balaban J connectivity index is 1.26. The average molecular weight is 446 g/mol. The highest BCUT2D eigenvalue weighted by molar-refractivity contribution is 7.15. The molecule has 1 aliphatic rings. The molecule has 1 fully saturated rings. The van der Waals surface area contributed by atoms with E-state index in [1.807, 2.05) is 6.07 Å². The third-order valence-corrected chi connectivity index (χ3v) is 6.13. The van der Waals surface area contributed by atoms with Gasteiger partial charge in [-0.2, -0.15) is 0 Å². The Bertz CT molecular complexity index is 1000. The number of nitrogens with one attached hydrogen (secondary N) is 1. The van der Waals surface area contributed by atoms with Crippen molar-refractivity contribution in [3.8, 4) is 0 Å². The van der Waals surface area contributed by atoms with Crippen molar-refractivity contribution < 1.29 is 9.18 Å². The lowest BCUT2D eigenvalue weighted by Crippen LogP contribution is -2.48. The van der Waals surface area contributed by atoms with Crippen LogP contribution in [0.4, 0.5) is 15.2 Å². The molecule has 30 heavy (non-hydrogen) atoms. The Morgan fingerprint density at radius 2 is 1.80 bits per heavy atom. The van der Waals surface area contributed by atoms with Gasteiger partial charge in [0, 0.05) is 43.3 Å². The summed E-state index contributed by atoms with van der Waals surface area (Å²) in [5, 5.41) is 13.7. The van der Waals surface area contributed by atoms with Crippen molar-refractivity contribution >= 4 is 39.7 Å². The van der Waals surface area contributed by atoms with Crippen LogP contribution in [0, 0.1) is 5.82 Å². The molecule has 156 valence electrons. The number of carbonyl (C=O) groups excluding carboxylic acids is 1. The number of halogens is 2. The topological polar surface area (TPSA) is 61.4 Å². The first-order valence-corrected chi connectivity index (χ1v) is 10.8. The number of nitrogens with zero attached hydrogens (tertiary/aromatic N) is 4. The molecule has 4 rings (SSSR count). The number of benzene rings is 2. The highest BCUT2D eigenvalue weighted by Gasteiger charge is 2.22. The monoisotopic (exact) mass is 445 g/mol. The molecule has 0 radical (unpaired) electrons. The van der Waals surface area contributed by atoms with E-state index in [0.717, 1.165) is 42.0 Å². The van der Waals surface area contributed by atoms with Crippen LogP contribution in [-0.4, -0.2) is 53.7 Å². The largest absolute Gasteiger partial charge is 0.344 e. The summed E-state index contributed by atoms with van der Waals surface area (Å²) in [6, 6.07) is 13.8. The van der Waals surface area contributed by atoms with Gasteiger partial charge in [0.15, 0.2) is 0 Å². The minimum atomic E-state index is -0.222. The standard InChI is InChI=1S/C21H21ClFN5OS/c22-16-5-7-17(8-6-16)24-19(29)14-27-9-11-28(12-10-27)21-26-25-20(30-21)13-15-3-1-2-4-18(15)23/h1-8H,9-14H2,(H,24,29). The van der Waals surface area contributed by atoms with E-state index >= 15 is 0 Å². The predicted molar refractivity (Wildman–Crippen MR) is 118 cm³/mol. The lowest BCUT2D eigenvalue weighted by molar-refractivity contribution is -0.117. The summed E-state index contributed by atoms with van der Waals surface area (Å²) in [4.78, 5) is 16.5. The molecule has 0 spiro atoms. The highest BCUT2D eigenvalue weighted by atomic mass is 35.5. The fourth-order valence-corrected chi connectivity index (χ4v) is 4.32. The first-order chi connectivity index (χ1) is 14.6. The molecule has 0 saturated carbocycles. The molecule has 1 aliphatic heterocycles. The summed E-state index contributed by atoms with van der Waals surface area (Å²) in [6.07, 6.45) is 0.440. The van der Waals surface area contributed by atoms with Crippen molar-refractivity contribution in [2.24, 2.45) is 0 Å². The van der Waals surface area contributed by atoms with Gasteiger partial charge in [0.25, 0.3) is 0 Å². The highest BCUT2D eigenvalue weighted by Crippen LogP contribution is 2.24. The maximum atomic E-state index is 13.8. The van der Waals surface area contributed by atoms with Gasteiger partial charge in [-0.05, 0) is 35.9 Å². The summed E-state index contributed by atoms with van der Waals surface area (Å²) in [7, 11) is 0. The van der Waals surface area contributed by atoms with E-state index in [-0.39, 0.29) is 11.7 Å². The van der Waals surface area contributed by atoms with Crippen LogP contribution in [0.25, 0.3) is 0 Å². The summed E-state index contributed by atoms with van der Waals surface area (Å²) in [5.74, 6) is -0.270. The molecule has 2 heterocycles. The molecule has 1 saturated heterocycles. The molecule has 0 bridgehead atoms. The van der Waals surface area contributed by atoms with Crippen LogP contribution < -0.4 is 10.2 Å². The third kappa shape index (κ3) is 5.33. The van der Waals surface area contributed by atoms with E-state index in [9.17, 15) is 9.18 Å².